The van der Waals surface area contributed by atoms with Gasteiger partial charge < -0.3 is 19.9 Å². The van der Waals surface area contributed by atoms with Crippen LogP contribution in [0, 0.1) is 0 Å². The summed E-state index contributed by atoms with van der Waals surface area (Å²) >= 11 is 1.79. The normalized spacial score (nSPS) is 17.9. The Morgan fingerprint density at radius 3 is 2.55 bits per heavy atom. The van der Waals surface area contributed by atoms with Crippen molar-refractivity contribution in [2.45, 2.75) is 44.1 Å². The molecule has 0 saturated heterocycles. The highest BCUT2D eigenvalue weighted by Crippen LogP contribution is 2.40. The van der Waals surface area contributed by atoms with E-state index in [4.69, 9.17) is 19.9 Å². The Kier molecular flexibility index (Phi) is 9.20. The molecule has 1 amide bonds. The van der Waals surface area contributed by atoms with Gasteiger partial charge in [0.25, 0.3) is 0 Å². The fourth-order valence-corrected chi connectivity index (χ4v) is 4.96. The number of fused-ring (bicyclic) bond motifs is 1. The summed E-state index contributed by atoms with van der Waals surface area (Å²) in [6, 6.07) is 16.2. The SMILES string of the molecule is CC(C)(C)OC(=O)[N+]1(CCOc2ccc(CCOCCCN)cc2)CCSc2ccccc21. The van der Waals surface area contributed by atoms with E-state index in [2.05, 4.69) is 18.2 Å². The number of nitrogens with two attached hydrogens (primary N) is 1. The molecule has 1 aliphatic rings. The molecule has 1 heterocycles. The molecule has 0 spiro atoms. The van der Waals surface area contributed by atoms with Crippen LogP contribution in [0.1, 0.15) is 32.8 Å². The zero-order valence-corrected chi connectivity index (χ0v) is 20.9. The van der Waals surface area contributed by atoms with E-state index in [1.165, 1.54) is 5.56 Å². The second kappa shape index (κ2) is 11.9. The highest BCUT2D eigenvalue weighted by Gasteiger charge is 2.46. The summed E-state index contributed by atoms with van der Waals surface area (Å²) < 4.78 is 17.7. The fourth-order valence-electron chi connectivity index (χ4n) is 3.78. The molecule has 0 aliphatic carbocycles. The number of carbonyl (C=O) groups excluding carboxylic acids is 1. The van der Waals surface area contributed by atoms with Crippen molar-refractivity contribution in [3.8, 4) is 5.75 Å². The van der Waals surface area contributed by atoms with Crippen molar-refractivity contribution in [1.29, 1.82) is 0 Å². The molecule has 3 rings (SSSR count). The van der Waals surface area contributed by atoms with Crippen LogP contribution >= 0.6 is 11.8 Å². The molecule has 6 nitrogen and oxygen atoms in total. The molecule has 7 heteroatoms. The lowest BCUT2D eigenvalue weighted by Gasteiger charge is -2.39. The molecule has 180 valence electrons. The molecule has 0 saturated carbocycles. The Morgan fingerprint density at radius 2 is 1.82 bits per heavy atom. The first kappa shape index (κ1) is 25.6. The summed E-state index contributed by atoms with van der Waals surface area (Å²) in [5.41, 5.74) is 7.13. The van der Waals surface area contributed by atoms with Crippen LogP contribution in [0.5, 0.6) is 5.75 Å². The van der Waals surface area contributed by atoms with E-state index < -0.39 is 5.60 Å². The van der Waals surface area contributed by atoms with Crippen LogP contribution in [0.2, 0.25) is 0 Å². The smallest absolute Gasteiger partial charge is 0.488 e. The third kappa shape index (κ3) is 7.21. The predicted molar refractivity (Wildman–Crippen MR) is 135 cm³/mol. The summed E-state index contributed by atoms with van der Waals surface area (Å²) in [4.78, 5) is 14.6. The van der Waals surface area contributed by atoms with Crippen molar-refractivity contribution in [2.75, 3.05) is 45.2 Å². The maximum absolute atomic E-state index is 13.4. The van der Waals surface area contributed by atoms with Crippen molar-refractivity contribution in [3.63, 3.8) is 0 Å². The van der Waals surface area contributed by atoms with Gasteiger partial charge >= 0.3 is 6.09 Å². The Hall–Kier alpha value is -2.06. The van der Waals surface area contributed by atoms with Crippen LogP contribution in [-0.4, -0.2) is 56.9 Å². The van der Waals surface area contributed by atoms with Gasteiger partial charge in [-0.1, -0.05) is 24.3 Å². The lowest BCUT2D eigenvalue weighted by atomic mass is 10.1. The number of nitrogens with zero attached hydrogens (tertiary/aromatic N) is 1. The summed E-state index contributed by atoms with van der Waals surface area (Å²) in [5, 5.41) is 0. The standard InChI is InChI=1S/C26H37N2O4S/c1-26(2,3)32-25(29)28(16-20-33-24-8-5-4-7-23(24)28)15-19-31-22-11-9-21(10-12-22)13-18-30-17-6-14-27/h4-5,7-12H,6,13-20,27H2,1-3H3/q+1. The van der Waals surface area contributed by atoms with Gasteiger partial charge in [0, 0.05) is 18.4 Å². The van der Waals surface area contributed by atoms with E-state index in [9.17, 15) is 4.79 Å². The molecule has 0 fully saturated rings. The molecule has 2 aromatic rings. The van der Waals surface area contributed by atoms with Crippen LogP contribution in [0.4, 0.5) is 10.5 Å². The van der Waals surface area contributed by atoms with Gasteiger partial charge in [-0.15, -0.1) is 11.8 Å². The first-order valence-corrected chi connectivity index (χ1v) is 12.7. The number of thioether (sulfide) groups is 1. The predicted octanol–water partition coefficient (Wildman–Crippen LogP) is 5.02. The van der Waals surface area contributed by atoms with Crippen LogP contribution in [0.3, 0.4) is 0 Å². The lowest BCUT2D eigenvalue weighted by Crippen LogP contribution is -2.60. The first-order chi connectivity index (χ1) is 15.8. The van der Waals surface area contributed by atoms with Gasteiger partial charge in [-0.05, 0) is 63.9 Å². The molecule has 0 radical (unpaired) electrons. The number of quaternary nitrogens is 1. The maximum Gasteiger partial charge on any atom is 0.521 e. The summed E-state index contributed by atoms with van der Waals surface area (Å²) in [5.74, 6) is 1.66. The van der Waals surface area contributed by atoms with Gasteiger partial charge in [0.15, 0.2) is 5.69 Å². The van der Waals surface area contributed by atoms with Gasteiger partial charge in [-0.3, -0.25) is 0 Å². The minimum absolute atomic E-state index is 0.151. The topological polar surface area (TPSA) is 70.8 Å². The van der Waals surface area contributed by atoms with Crippen molar-refractivity contribution in [3.05, 3.63) is 54.1 Å². The number of rotatable bonds is 10. The zero-order chi connectivity index (χ0) is 23.7. The molecule has 0 aromatic heterocycles. The van der Waals surface area contributed by atoms with Gasteiger partial charge in [0.05, 0.1) is 11.5 Å². The molecule has 0 bridgehead atoms. The van der Waals surface area contributed by atoms with Crippen molar-refractivity contribution < 1.29 is 19.0 Å². The highest BCUT2D eigenvalue weighted by atomic mass is 32.2. The van der Waals surface area contributed by atoms with Crippen molar-refractivity contribution in [2.24, 2.45) is 5.73 Å². The minimum atomic E-state index is -0.549. The Morgan fingerprint density at radius 1 is 1.06 bits per heavy atom. The van der Waals surface area contributed by atoms with Gasteiger partial charge in [0.2, 0.25) is 0 Å². The number of amides is 1. The van der Waals surface area contributed by atoms with Crippen LogP contribution in [0.15, 0.2) is 53.4 Å². The van der Waals surface area contributed by atoms with E-state index in [0.717, 1.165) is 34.9 Å². The number of hydrogen-bond acceptors (Lipinski definition) is 6. The van der Waals surface area contributed by atoms with E-state index in [1.807, 2.05) is 51.1 Å². The van der Waals surface area contributed by atoms with Crippen LogP contribution in [0.25, 0.3) is 0 Å². The molecule has 1 atom stereocenters. The Bertz CT molecular complexity index is 898. The number of ether oxygens (including phenoxy) is 3. The van der Waals surface area contributed by atoms with Crippen LogP contribution < -0.4 is 15.0 Å². The highest BCUT2D eigenvalue weighted by molar-refractivity contribution is 7.99. The summed E-state index contributed by atoms with van der Waals surface area (Å²) in [7, 11) is 0. The third-order valence-electron chi connectivity index (χ3n) is 5.49. The van der Waals surface area contributed by atoms with Crippen LogP contribution in [-0.2, 0) is 15.9 Å². The molecule has 33 heavy (non-hydrogen) atoms. The summed E-state index contributed by atoms with van der Waals surface area (Å²) in [6.07, 6.45) is 1.53. The number of hydrogen-bond donors (Lipinski definition) is 1. The maximum atomic E-state index is 13.4. The van der Waals surface area contributed by atoms with Gasteiger partial charge in [0.1, 0.15) is 31.0 Å². The second-order valence-corrected chi connectivity index (χ2v) is 10.3. The van der Waals surface area contributed by atoms with Gasteiger partial charge in [-0.25, -0.2) is 0 Å². The van der Waals surface area contributed by atoms with Crippen molar-refractivity contribution >= 4 is 23.5 Å². The van der Waals surface area contributed by atoms with E-state index in [0.29, 0.717) is 39.5 Å². The van der Waals surface area contributed by atoms with Gasteiger partial charge in [-0.2, -0.15) is 9.28 Å². The quantitative estimate of drug-likeness (QED) is 0.386. The fraction of sp³-hybridized carbons (Fsp3) is 0.500. The summed E-state index contributed by atoms with van der Waals surface area (Å²) in [6.45, 7) is 9.40. The molecule has 2 N–H and O–H groups in total. The van der Waals surface area contributed by atoms with E-state index >= 15 is 0 Å². The Balaban J connectivity index is 1.64. The van der Waals surface area contributed by atoms with Crippen molar-refractivity contribution in [1.82, 2.24) is 4.48 Å². The van der Waals surface area contributed by atoms with E-state index in [-0.39, 0.29) is 10.6 Å². The number of benzene rings is 2. The molecule has 2 aromatic carbocycles. The Labute approximate surface area is 202 Å². The first-order valence-electron chi connectivity index (χ1n) is 11.7. The van der Waals surface area contributed by atoms with E-state index in [1.54, 1.807) is 11.8 Å². The zero-order valence-electron chi connectivity index (χ0n) is 20.0. The number of carbonyl (C=O) groups is 1. The molecular formula is C26H37N2O4S+. The number of para-hydroxylation sites is 1. The minimum Gasteiger partial charge on any atom is -0.488 e. The lowest BCUT2D eigenvalue weighted by molar-refractivity contribution is 0.0244. The average Bonchev–Trinajstić information content (AvgIpc) is 2.79. The third-order valence-corrected chi connectivity index (χ3v) is 6.54. The average molecular weight is 474 g/mol. The largest absolute Gasteiger partial charge is 0.521 e. The molecule has 1 unspecified atom stereocenters. The second-order valence-electron chi connectivity index (χ2n) is 9.21. The molecular weight excluding hydrogens is 436 g/mol. The monoisotopic (exact) mass is 473 g/mol. The molecule has 1 aliphatic heterocycles.